The van der Waals surface area contributed by atoms with Gasteiger partial charge in [-0.15, -0.1) is 0 Å². The second-order valence-corrected chi connectivity index (χ2v) is 6.23. The summed E-state index contributed by atoms with van der Waals surface area (Å²) in [5, 5.41) is 3.06. The number of rotatable bonds is 5. The van der Waals surface area contributed by atoms with E-state index in [1.165, 1.54) is 11.1 Å². The molecule has 0 radical (unpaired) electrons. The van der Waals surface area contributed by atoms with Gasteiger partial charge in [0, 0.05) is 18.8 Å². The summed E-state index contributed by atoms with van der Waals surface area (Å²) >= 11 is 0. The second-order valence-electron chi connectivity index (χ2n) is 6.23. The van der Waals surface area contributed by atoms with E-state index in [0.717, 1.165) is 6.42 Å². The zero-order valence-electron chi connectivity index (χ0n) is 14.6. The predicted octanol–water partition coefficient (Wildman–Crippen LogP) is 3.15. The maximum absolute atomic E-state index is 5.91. The van der Waals surface area contributed by atoms with Crippen molar-refractivity contribution in [3.8, 4) is 0 Å². The molecule has 2 rings (SSSR count). The number of aromatic nitrogens is 2. The van der Waals surface area contributed by atoms with Gasteiger partial charge in [0.2, 0.25) is 5.95 Å². The van der Waals surface area contributed by atoms with Crippen molar-refractivity contribution < 1.29 is 0 Å². The molecule has 0 bridgehead atoms. The molecule has 0 fully saturated rings. The Morgan fingerprint density at radius 3 is 2.26 bits per heavy atom. The lowest BCUT2D eigenvalue weighted by atomic mass is 10.0. The van der Waals surface area contributed by atoms with E-state index >= 15 is 0 Å². The molecule has 1 aromatic carbocycles. The lowest BCUT2D eigenvalue weighted by Crippen LogP contribution is -2.30. The molecule has 1 aromatic heterocycles. The maximum Gasteiger partial charge on any atom is 0.224 e. The fourth-order valence-corrected chi connectivity index (χ4v) is 2.18. The zero-order chi connectivity index (χ0) is 17.2. The summed E-state index contributed by atoms with van der Waals surface area (Å²) in [6, 6.07) is 10.2. The number of anilines is 2. The van der Waals surface area contributed by atoms with Crippen LogP contribution in [-0.4, -0.2) is 22.6 Å². The van der Waals surface area contributed by atoms with Crippen LogP contribution in [0, 0.1) is 19.8 Å². The second kappa shape index (κ2) is 9.79. The molecule has 0 saturated carbocycles. The number of nitrogen functional groups attached to an aromatic ring is 1. The SMILES string of the molecule is CC(C)CC(N)CNc1nccc(N)n1.Cc1cccc(C)c1. The van der Waals surface area contributed by atoms with Gasteiger partial charge >= 0.3 is 0 Å². The molecule has 1 heterocycles. The van der Waals surface area contributed by atoms with Crippen molar-refractivity contribution in [2.45, 2.75) is 40.2 Å². The fourth-order valence-electron chi connectivity index (χ4n) is 2.18. The Bertz CT molecular complexity index is 566. The average molecular weight is 315 g/mol. The van der Waals surface area contributed by atoms with Crippen LogP contribution in [0.3, 0.4) is 0 Å². The molecular formula is C18H29N5. The monoisotopic (exact) mass is 315 g/mol. The van der Waals surface area contributed by atoms with Gasteiger partial charge in [-0.2, -0.15) is 4.98 Å². The molecule has 126 valence electrons. The van der Waals surface area contributed by atoms with Crippen molar-refractivity contribution in [3.63, 3.8) is 0 Å². The highest BCUT2D eigenvalue weighted by atomic mass is 15.1. The van der Waals surface area contributed by atoms with Gasteiger partial charge < -0.3 is 16.8 Å². The minimum absolute atomic E-state index is 0.120. The van der Waals surface area contributed by atoms with E-state index in [0.29, 0.717) is 24.2 Å². The molecule has 5 N–H and O–H groups in total. The van der Waals surface area contributed by atoms with Crippen molar-refractivity contribution in [1.29, 1.82) is 0 Å². The van der Waals surface area contributed by atoms with E-state index in [4.69, 9.17) is 11.5 Å². The van der Waals surface area contributed by atoms with Gasteiger partial charge in [-0.1, -0.05) is 49.2 Å². The van der Waals surface area contributed by atoms with E-state index in [-0.39, 0.29) is 6.04 Å². The summed E-state index contributed by atoms with van der Waals surface area (Å²) in [6.07, 6.45) is 2.61. The lowest BCUT2D eigenvalue weighted by molar-refractivity contribution is 0.507. The highest BCUT2D eigenvalue weighted by molar-refractivity contribution is 5.34. The van der Waals surface area contributed by atoms with E-state index in [2.05, 4.69) is 67.2 Å². The summed E-state index contributed by atoms with van der Waals surface area (Å²) in [5.41, 5.74) is 14.1. The van der Waals surface area contributed by atoms with Crippen LogP contribution in [0.25, 0.3) is 0 Å². The Kier molecular flexibility index (Phi) is 8.05. The van der Waals surface area contributed by atoms with Crippen LogP contribution >= 0.6 is 0 Å². The number of benzene rings is 1. The Labute approximate surface area is 139 Å². The van der Waals surface area contributed by atoms with Crippen molar-refractivity contribution in [1.82, 2.24) is 9.97 Å². The van der Waals surface area contributed by atoms with Gasteiger partial charge in [-0.25, -0.2) is 4.98 Å². The molecule has 0 saturated heterocycles. The molecular weight excluding hydrogens is 286 g/mol. The van der Waals surface area contributed by atoms with Crippen LogP contribution < -0.4 is 16.8 Å². The molecule has 1 atom stereocenters. The smallest absolute Gasteiger partial charge is 0.224 e. The molecule has 0 aliphatic carbocycles. The van der Waals surface area contributed by atoms with Crippen LogP contribution in [-0.2, 0) is 0 Å². The van der Waals surface area contributed by atoms with Gasteiger partial charge in [0.05, 0.1) is 0 Å². The first-order chi connectivity index (χ1) is 10.9. The van der Waals surface area contributed by atoms with Gasteiger partial charge in [-0.05, 0) is 32.3 Å². The van der Waals surface area contributed by atoms with Crippen molar-refractivity contribution in [2.24, 2.45) is 11.7 Å². The number of aryl methyl sites for hydroxylation is 2. The van der Waals surface area contributed by atoms with Gasteiger partial charge in [0.25, 0.3) is 0 Å². The number of nitrogens with one attached hydrogen (secondary N) is 1. The standard InChI is InChI=1S/C10H19N5.C8H10/c1-7(2)5-8(11)6-14-10-13-4-3-9(12)15-10;1-7-4-3-5-8(2)6-7/h3-4,7-8H,5-6,11H2,1-2H3,(H3,12,13,14,15);3-6H,1-2H3. The lowest BCUT2D eigenvalue weighted by Gasteiger charge is -2.14. The van der Waals surface area contributed by atoms with Crippen LogP contribution in [0.1, 0.15) is 31.4 Å². The van der Waals surface area contributed by atoms with Crippen molar-refractivity contribution in [2.75, 3.05) is 17.6 Å². The Morgan fingerprint density at radius 2 is 1.78 bits per heavy atom. The number of nitrogens with two attached hydrogens (primary N) is 2. The first kappa shape index (κ1) is 18.9. The summed E-state index contributed by atoms with van der Waals surface area (Å²) in [4.78, 5) is 8.06. The first-order valence-corrected chi connectivity index (χ1v) is 7.98. The Hall–Kier alpha value is -2.14. The van der Waals surface area contributed by atoms with Crippen LogP contribution in [0.15, 0.2) is 36.5 Å². The van der Waals surface area contributed by atoms with Gasteiger partial charge in [0.1, 0.15) is 5.82 Å². The zero-order valence-corrected chi connectivity index (χ0v) is 14.6. The largest absolute Gasteiger partial charge is 0.384 e. The topological polar surface area (TPSA) is 89.8 Å². The number of nitrogens with zero attached hydrogens (tertiary/aromatic N) is 2. The third-order valence-electron chi connectivity index (χ3n) is 3.15. The number of hydrogen-bond acceptors (Lipinski definition) is 5. The highest BCUT2D eigenvalue weighted by Gasteiger charge is 2.05. The number of hydrogen-bond donors (Lipinski definition) is 3. The fraction of sp³-hybridized carbons (Fsp3) is 0.444. The maximum atomic E-state index is 5.91. The molecule has 1 unspecified atom stereocenters. The Morgan fingerprint density at radius 1 is 1.13 bits per heavy atom. The Balaban J connectivity index is 0.000000277. The van der Waals surface area contributed by atoms with E-state index in [1.54, 1.807) is 12.3 Å². The first-order valence-electron chi connectivity index (χ1n) is 7.98. The third kappa shape index (κ3) is 8.78. The molecule has 2 aromatic rings. The van der Waals surface area contributed by atoms with Crippen LogP contribution in [0.5, 0.6) is 0 Å². The minimum Gasteiger partial charge on any atom is -0.384 e. The molecule has 0 aliphatic rings. The third-order valence-corrected chi connectivity index (χ3v) is 3.15. The predicted molar refractivity (Wildman–Crippen MR) is 98.3 cm³/mol. The summed E-state index contributed by atoms with van der Waals surface area (Å²) in [5.74, 6) is 1.60. The minimum atomic E-state index is 0.120. The van der Waals surface area contributed by atoms with Gasteiger partial charge in [-0.3, -0.25) is 0 Å². The quantitative estimate of drug-likeness (QED) is 0.788. The summed E-state index contributed by atoms with van der Waals surface area (Å²) in [6.45, 7) is 9.18. The molecule has 23 heavy (non-hydrogen) atoms. The molecule has 5 heteroatoms. The molecule has 0 amide bonds. The molecule has 0 spiro atoms. The van der Waals surface area contributed by atoms with Crippen molar-refractivity contribution >= 4 is 11.8 Å². The van der Waals surface area contributed by atoms with Crippen molar-refractivity contribution in [3.05, 3.63) is 47.7 Å². The highest BCUT2D eigenvalue weighted by Crippen LogP contribution is 2.05. The normalized spacial score (nSPS) is 11.6. The van der Waals surface area contributed by atoms with E-state index in [1.807, 2.05) is 0 Å². The molecule has 0 aliphatic heterocycles. The van der Waals surface area contributed by atoms with Gasteiger partial charge in [0.15, 0.2) is 0 Å². The molecule has 5 nitrogen and oxygen atoms in total. The van der Waals surface area contributed by atoms with Crippen LogP contribution in [0.4, 0.5) is 11.8 Å². The average Bonchev–Trinajstić information content (AvgIpc) is 2.45. The van der Waals surface area contributed by atoms with E-state index < -0.39 is 0 Å². The summed E-state index contributed by atoms with van der Waals surface area (Å²) < 4.78 is 0. The summed E-state index contributed by atoms with van der Waals surface area (Å²) in [7, 11) is 0. The van der Waals surface area contributed by atoms with E-state index in [9.17, 15) is 0 Å². The van der Waals surface area contributed by atoms with Crippen LogP contribution in [0.2, 0.25) is 0 Å².